The lowest BCUT2D eigenvalue weighted by atomic mass is 9.85. The van der Waals surface area contributed by atoms with Crippen LogP contribution >= 0.6 is 15.9 Å². The summed E-state index contributed by atoms with van der Waals surface area (Å²) in [5.74, 6) is 0.0824. The van der Waals surface area contributed by atoms with Gasteiger partial charge < -0.3 is 9.97 Å². The van der Waals surface area contributed by atoms with Crippen LogP contribution in [0.25, 0.3) is 22.1 Å². The Morgan fingerprint density at radius 3 is 1.81 bits per heavy atom. The number of hydrogen-bond acceptors (Lipinski definition) is 2. The zero-order valence-corrected chi connectivity index (χ0v) is 15.4. The first-order valence-corrected chi connectivity index (χ1v) is 9.20. The molecule has 4 heterocycles. The molecular formula is C21H15BrN4. The first-order valence-electron chi connectivity index (χ1n) is 8.41. The maximum atomic E-state index is 4.45. The minimum atomic E-state index is 0.0824. The molecule has 0 aliphatic carbocycles. The standard InChI is InChI=1S/C21H15BrN4/c22-14-7-5-13(6-8-14)19(17-11-25-20-15(17)3-1-9-23-20)18-12-26-21-16(18)4-2-10-24-21/h1-12,19H,(H,23,25)(H,24,26). The Hall–Kier alpha value is -2.92. The molecule has 26 heavy (non-hydrogen) atoms. The molecule has 0 radical (unpaired) electrons. The van der Waals surface area contributed by atoms with Crippen LogP contribution in [0.15, 0.2) is 77.8 Å². The second kappa shape index (κ2) is 6.11. The minimum absolute atomic E-state index is 0.0824. The molecule has 0 amide bonds. The van der Waals surface area contributed by atoms with Crippen molar-refractivity contribution in [3.63, 3.8) is 0 Å². The molecule has 0 aliphatic heterocycles. The Labute approximate surface area is 158 Å². The molecule has 0 saturated heterocycles. The first-order chi connectivity index (χ1) is 12.8. The minimum Gasteiger partial charge on any atom is -0.346 e. The van der Waals surface area contributed by atoms with Crippen molar-refractivity contribution in [3.05, 3.63) is 94.5 Å². The predicted octanol–water partition coefficient (Wildman–Crippen LogP) is 5.38. The van der Waals surface area contributed by atoms with Crippen molar-refractivity contribution < 1.29 is 0 Å². The van der Waals surface area contributed by atoms with Crippen molar-refractivity contribution in [1.29, 1.82) is 0 Å². The zero-order chi connectivity index (χ0) is 17.5. The van der Waals surface area contributed by atoms with Crippen molar-refractivity contribution >= 4 is 38.0 Å². The van der Waals surface area contributed by atoms with E-state index in [4.69, 9.17) is 0 Å². The quantitative estimate of drug-likeness (QED) is 0.425. The van der Waals surface area contributed by atoms with Gasteiger partial charge in [-0.1, -0.05) is 28.1 Å². The zero-order valence-electron chi connectivity index (χ0n) is 13.8. The number of benzene rings is 1. The molecule has 1 aromatic carbocycles. The molecule has 0 atom stereocenters. The molecule has 5 heteroatoms. The van der Waals surface area contributed by atoms with Gasteiger partial charge in [-0.15, -0.1) is 0 Å². The fourth-order valence-electron chi connectivity index (χ4n) is 3.61. The van der Waals surface area contributed by atoms with Gasteiger partial charge in [0, 0.05) is 46.0 Å². The lowest BCUT2D eigenvalue weighted by Gasteiger charge is -2.17. The van der Waals surface area contributed by atoms with Crippen molar-refractivity contribution in [2.24, 2.45) is 0 Å². The van der Waals surface area contributed by atoms with Gasteiger partial charge in [0.15, 0.2) is 0 Å². The SMILES string of the molecule is Brc1ccc(C(c2c[nH]c3ncccc23)c2c[nH]c3ncccc23)cc1. The van der Waals surface area contributed by atoms with E-state index in [0.29, 0.717) is 0 Å². The van der Waals surface area contributed by atoms with Gasteiger partial charge in [0.25, 0.3) is 0 Å². The Morgan fingerprint density at radius 2 is 1.27 bits per heavy atom. The van der Waals surface area contributed by atoms with Crippen LogP contribution < -0.4 is 0 Å². The van der Waals surface area contributed by atoms with Crippen LogP contribution in [0.4, 0.5) is 0 Å². The fourth-order valence-corrected chi connectivity index (χ4v) is 3.88. The molecule has 126 valence electrons. The number of pyridine rings is 2. The first kappa shape index (κ1) is 15.3. The van der Waals surface area contributed by atoms with Crippen molar-refractivity contribution in [2.45, 2.75) is 5.92 Å². The fraction of sp³-hybridized carbons (Fsp3) is 0.0476. The van der Waals surface area contributed by atoms with Crippen molar-refractivity contribution in [3.8, 4) is 0 Å². The Morgan fingerprint density at radius 1 is 0.731 bits per heavy atom. The Balaban J connectivity index is 1.79. The molecule has 4 aromatic heterocycles. The Bertz CT molecular complexity index is 1130. The lowest BCUT2D eigenvalue weighted by molar-refractivity contribution is 0.997. The summed E-state index contributed by atoms with van der Waals surface area (Å²) >= 11 is 3.54. The molecule has 0 aliphatic rings. The number of aromatic amines is 2. The smallest absolute Gasteiger partial charge is 0.137 e. The number of fused-ring (bicyclic) bond motifs is 2. The highest BCUT2D eigenvalue weighted by atomic mass is 79.9. The molecule has 0 bridgehead atoms. The summed E-state index contributed by atoms with van der Waals surface area (Å²) in [6.45, 7) is 0. The summed E-state index contributed by atoms with van der Waals surface area (Å²) in [6, 6.07) is 16.7. The predicted molar refractivity (Wildman–Crippen MR) is 107 cm³/mol. The summed E-state index contributed by atoms with van der Waals surface area (Å²) in [6.07, 6.45) is 7.76. The average molecular weight is 403 g/mol. The second-order valence-electron chi connectivity index (χ2n) is 6.27. The molecule has 5 rings (SSSR count). The van der Waals surface area contributed by atoms with Gasteiger partial charge in [-0.25, -0.2) is 9.97 Å². The summed E-state index contributed by atoms with van der Waals surface area (Å²) in [4.78, 5) is 15.5. The van der Waals surface area contributed by atoms with Crippen LogP contribution in [0.1, 0.15) is 22.6 Å². The summed E-state index contributed by atoms with van der Waals surface area (Å²) in [5.41, 5.74) is 5.45. The summed E-state index contributed by atoms with van der Waals surface area (Å²) < 4.78 is 1.07. The molecule has 5 aromatic rings. The maximum Gasteiger partial charge on any atom is 0.137 e. The van der Waals surface area contributed by atoms with E-state index in [1.165, 1.54) is 16.7 Å². The molecule has 0 unspecified atom stereocenters. The van der Waals surface area contributed by atoms with Gasteiger partial charge in [0.2, 0.25) is 0 Å². The lowest BCUT2D eigenvalue weighted by Crippen LogP contribution is -2.02. The number of rotatable bonds is 3. The third kappa shape index (κ3) is 2.44. The maximum absolute atomic E-state index is 4.45. The molecule has 2 N–H and O–H groups in total. The number of hydrogen-bond donors (Lipinski definition) is 2. The number of halogens is 1. The summed E-state index contributed by atoms with van der Waals surface area (Å²) in [7, 11) is 0. The van der Waals surface area contributed by atoms with E-state index in [0.717, 1.165) is 26.5 Å². The molecule has 0 fully saturated rings. The van der Waals surface area contributed by atoms with Crippen LogP contribution in [0.5, 0.6) is 0 Å². The Kier molecular flexibility index (Phi) is 3.60. The van der Waals surface area contributed by atoms with E-state index >= 15 is 0 Å². The van der Waals surface area contributed by atoms with Crippen LogP contribution in [-0.2, 0) is 0 Å². The van der Waals surface area contributed by atoms with Crippen molar-refractivity contribution in [1.82, 2.24) is 19.9 Å². The van der Waals surface area contributed by atoms with Gasteiger partial charge in [-0.05, 0) is 53.1 Å². The van der Waals surface area contributed by atoms with Gasteiger partial charge in [0.1, 0.15) is 11.3 Å². The van der Waals surface area contributed by atoms with Gasteiger partial charge in [-0.3, -0.25) is 0 Å². The number of nitrogens with one attached hydrogen (secondary N) is 2. The van der Waals surface area contributed by atoms with E-state index in [9.17, 15) is 0 Å². The third-order valence-corrected chi connectivity index (χ3v) is 5.32. The van der Waals surface area contributed by atoms with Crippen LogP contribution in [-0.4, -0.2) is 19.9 Å². The van der Waals surface area contributed by atoms with Gasteiger partial charge in [-0.2, -0.15) is 0 Å². The topological polar surface area (TPSA) is 57.4 Å². The monoisotopic (exact) mass is 402 g/mol. The molecule has 0 spiro atoms. The largest absolute Gasteiger partial charge is 0.346 e. The van der Waals surface area contributed by atoms with E-state index in [1.807, 2.05) is 24.5 Å². The molecule has 4 nitrogen and oxygen atoms in total. The van der Waals surface area contributed by atoms with Crippen LogP contribution in [0, 0.1) is 0 Å². The van der Waals surface area contributed by atoms with Gasteiger partial charge in [0.05, 0.1) is 0 Å². The van der Waals surface area contributed by atoms with Crippen LogP contribution in [0.2, 0.25) is 0 Å². The van der Waals surface area contributed by atoms with Crippen LogP contribution in [0.3, 0.4) is 0 Å². The van der Waals surface area contributed by atoms with E-state index < -0.39 is 0 Å². The average Bonchev–Trinajstić information content (AvgIpc) is 3.29. The van der Waals surface area contributed by atoms with Gasteiger partial charge >= 0.3 is 0 Å². The van der Waals surface area contributed by atoms with E-state index in [2.05, 4.69) is 84.7 Å². The molecule has 0 saturated carbocycles. The highest BCUT2D eigenvalue weighted by Gasteiger charge is 2.23. The number of H-pyrrole nitrogens is 2. The van der Waals surface area contributed by atoms with E-state index in [1.54, 1.807) is 0 Å². The third-order valence-electron chi connectivity index (χ3n) is 4.79. The second-order valence-corrected chi connectivity index (χ2v) is 7.19. The molecular weight excluding hydrogens is 388 g/mol. The highest BCUT2D eigenvalue weighted by Crippen LogP contribution is 2.38. The van der Waals surface area contributed by atoms with Crippen molar-refractivity contribution in [2.75, 3.05) is 0 Å². The van der Waals surface area contributed by atoms with E-state index in [-0.39, 0.29) is 5.92 Å². The number of aromatic nitrogens is 4. The highest BCUT2D eigenvalue weighted by molar-refractivity contribution is 9.10. The summed E-state index contributed by atoms with van der Waals surface area (Å²) in [5, 5.41) is 2.28. The normalized spacial score (nSPS) is 11.6. The number of nitrogens with zero attached hydrogens (tertiary/aromatic N) is 2.